The van der Waals surface area contributed by atoms with Crippen molar-refractivity contribution >= 4 is 15.7 Å². The van der Waals surface area contributed by atoms with Gasteiger partial charge in [0.1, 0.15) is 0 Å². The second-order valence-electron chi connectivity index (χ2n) is 4.53. The van der Waals surface area contributed by atoms with E-state index in [0.717, 1.165) is 0 Å². The Bertz CT molecular complexity index is 381. The SMILES string of the molecule is COC1CNC(C(=O)N2CCS(=O)(=O)CC2)C1. The number of nitrogens with zero attached hydrogens (tertiary/aromatic N) is 1. The summed E-state index contributed by atoms with van der Waals surface area (Å²) >= 11 is 0. The van der Waals surface area contributed by atoms with Crippen LogP contribution in [0, 0.1) is 0 Å². The summed E-state index contributed by atoms with van der Waals surface area (Å²) in [6.07, 6.45) is 0.746. The fourth-order valence-electron chi connectivity index (χ4n) is 2.22. The molecule has 2 rings (SSSR count). The van der Waals surface area contributed by atoms with Crippen molar-refractivity contribution in [3.05, 3.63) is 0 Å². The number of sulfone groups is 1. The third-order valence-electron chi connectivity index (χ3n) is 3.38. The van der Waals surface area contributed by atoms with E-state index in [1.165, 1.54) is 0 Å². The molecule has 2 aliphatic rings. The minimum Gasteiger partial charge on any atom is -0.380 e. The summed E-state index contributed by atoms with van der Waals surface area (Å²) in [7, 11) is -1.30. The Morgan fingerprint density at radius 2 is 2.00 bits per heavy atom. The van der Waals surface area contributed by atoms with Crippen LogP contribution in [0.15, 0.2) is 0 Å². The maximum Gasteiger partial charge on any atom is 0.239 e. The number of carbonyl (C=O) groups excluding carboxylic acids is 1. The van der Waals surface area contributed by atoms with Gasteiger partial charge < -0.3 is 15.0 Å². The molecule has 0 aliphatic carbocycles. The molecule has 0 aromatic carbocycles. The lowest BCUT2D eigenvalue weighted by Crippen LogP contribution is -2.50. The number of carbonyl (C=O) groups is 1. The molecule has 1 N–H and O–H groups in total. The van der Waals surface area contributed by atoms with Gasteiger partial charge in [0.2, 0.25) is 5.91 Å². The molecule has 0 radical (unpaired) electrons. The molecular weight excluding hydrogens is 244 g/mol. The highest BCUT2D eigenvalue weighted by Gasteiger charge is 2.34. The van der Waals surface area contributed by atoms with Crippen molar-refractivity contribution in [3.8, 4) is 0 Å². The summed E-state index contributed by atoms with van der Waals surface area (Å²) in [4.78, 5) is 13.7. The molecule has 1 amide bonds. The monoisotopic (exact) mass is 262 g/mol. The molecule has 0 bridgehead atoms. The van der Waals surface area contributed by atoms with Crippen molar-refractivity contribution in [1.82, 2.24) is 10.2 Å². The molecule has 2 saturated heterocycles. The van der Waals surface area contributed by atoms with E-state index >= 15 is 0 Å². The van der Waals surface area contributed by atoms with E-state index in [9.17, 15) is 13.2 Å². The normalized spacial score (nSPS) is 32.6. The van der Waals surface area contributed by atoms with Crippen molar-refractivity contribution in [1.29, 1.82) is 0 Å². The standard InChI is InChI=1S/C10H18N2O4S/c1-16-8-6-9(11-7-8)10(13)12-2-4-17(14,15)5-3-12/h8-9,11H,2-7H2,1H3. The minimum atomic E-state index is -2.93. The maximum atomic E-state index is 12.1. The summed E-state index contributed by atoms with van der Waals surface area (Å²) in [5.41, 5.74) is 0. The molecule has 0 spiro atoms. The smallest absolute Gasteiger partial charge is 0.239 e. The van der Waals surface area contributed by atoms with E-state index in [1.54, 1.807) is 12.0 Å². The zero-order chi connectivity index (χ0) is 12.5. The highest BCUT2D eigenvalue weighted by molar-refractivity contribution is 7.91. The number of amides is 1. The summed E-state index contributed by atoms with van der Waals surface area (Å²) in [6, 6.07) is -0.222. The first-order valence-electron chi connectivity index (χ1n) is 5.77. The first-order chi connectivity index (χ1) is 8.02. The summed E-state index contributed by atoms with van der Waals surface area (Å²) in [5.74, 6) is 0.165. The van der Waals surface area contributed by atoms with Gasteiger partial charge in [0.15, 0.2) is 9.84 Å². The van der Waals surface area contributed by atoms with Crippen molar-refractivity contribution < 1.29 is 17.9 Å². The summed E-state index contributed by atoms with van der Waals surface area (Å²) in [6.45, 7) is 1.31. The molecule has 2 fully saturated rings. The third-order valence-corrected chi connectivity index (χ3v) is 4.99. The van der Waals surface area contributed by atoms with Gasteiger partial charge in [-0.2, -0.15) is 0 Å². The number of rotatable bonds is 2. The Morgan fingerprint density at radius 1 is 1.35 bits per heavy atom. The molecule has 2 heterocycles. The van der Waals surface area contributed by atoms with Crippen molar-refractivity contribution in [2.24, 2.45) is 0 Å². The van der Waals surface area contributed by atoms with E-state index < -0.39 is 9.84 Å². The van der Waals surface area contributed by atoms with Crippen LogP contribution >= 0.6 is 0 Å². The van der Waals surface area contributed by atoms with Gasteiger partial charge in [0.25, 0.3) is 0 Å². The molecule has 0 aromatic heterocycles. The Labute approximate surface area is 101 Å². The van der Waals surface area contributed by atoms with Crippen LogP contribution in [0.3, 0.4) is 0 Å². The van der Waals surface area contributed by atoms with Crippen molar-refractivity contribution in [3.63, 3.8) is 0 Å². The Hall–Kier alpha value is -0.660. The van der Waals surface area contributed by atoms with Crippen LogP contribution in [-0.4, -0.2) is 69.6 Å². The van der Waals surface area contributed by atoms with E-state index in [-0.39, 0.29) is 29.6 Å². The topological polar surface area (TPSA) is 75.7 Å². The van der Waals surface area contributed by atoms with Crippen molar-refractivity contribution in [2.45, 2.75) is 18.6 Å². The minimum absolute atomic E-state index is 0.000509. The van der Waals surface area contributed by atoms with Crippen LogP contribution in [0.2, 0.25) is 0 Å². The van der Waals surface area contributed by atoms with E-state index in [2.05, 4.69) is 5.32 Å². The zero-order valence-electron chi connectivity index (χ0n) is 9.89. The average molecular weight is 262 g/mol. The molecule has 6 nitrogen and oxygen atoms in total. The molecule has 2 unspecified atom stereocenters. The fraction of sp³-hybridized carbons (Fsp3) is 0.900. The first-order valence-corrected chi connectivity index (χ1v) is 7.59. The second kappa shape index (κ2) is 4.91. The third kappa shape index (κ3) is 2.97. The Morgan fingerprint density at radius 3 is 2.53 bits per heavy atom. The highest BCUT2D eigenvalue weighted by Crippen LogP contribution is 2.14. The molecule has 98 valence electrons. The number of methoxy groups -OCH3 is 1. The van der Waals surface area contributed by atoms with Gasteiger partial charge >= 0.3 is 0 Å². The number of nitrogens with one attached hydrogen (secondary N) is 1. The van der Waals surface area contributed by atoms with Crippen LogP contribution in [0.1, 0.15) is 6.42 Å². The van der Waals surface area contributed by atoms with Crippen LogP contribution in [0.25, 0.3) is 0 Å². The lowest BCUT2D eigenvalue weighted by atomic mass is 10.2. The largest absolute Gasteiger partial charge is 0.380 e. The van der Waals surface area contributed by atoms with Gasteiger partial charge in [-0.1, -0.05) is 0 Å². The average Bonchev–Trinajstić information content (AvgIpc) is 2.76. The van der Waals surface area contributed by atoms with Crippen LogP contribution in [0.4, 0.5) is 0 Å². The van der Waals surface area contributed by atoms with Gasteiger partial charge in [-0.25, -0.2) is 8.42 Å². The lowest BCUT2D eigenvalue weighted by molar-refractivity contribution is -0.132. The maximum absolute atomic E-state index is 12.1. The number of hydrogen-bond donors (Lipinski definition) is 1. The fourth-order valence-corrected chi connectivity index (χ4v) is 3.43. The Kier molecular flexibility index (Phi) is 3.70. The van der Waals surface area contributed by atoms with E-state index in [0.29, 0.717) is 26.1 Å². The molecule has 2 atom stereocenters. The molecule has 2 aliphatic heterocycles. The first kappa shape index (κ1) is 12.8. The molecule has 0 aromatic rings. The quantitative estimate of drug-likeness (QED) is 0.664. The van der Waals surface area contributed by atoms with Crippen LogP contribution in [-0.2, 0) is 19.4 Å². The van der Waals surface area contributed by atoms with E-state index in [1.807, 2.05) is 0 Å². The lowest BCUT2D eigenvalue weighted by Gasteiger charge is -2.29. The highest BCUT2D eigenvalue weighted by atomic mass is 32.2. The predicted molar refractivity (Wildman–Crippen MR) is 62.4 cm³/mol. The Balaban J connectivity index is 1.89. The molecular formula is C10H18N2O4S. The second-order valence-corrected chi connectivity index (χ2v) is 6.83. The van der Waals surface area contributed by atoms with Gasteiger partial charge in [0.05, 0.1) is 23.7 Å². The van der Waals surface area contributed by atoms with Crippen LogP contribution < -0.4 is 5.32 Å². The van der Waals surface area contributed by atoms with Gasteiger partial charge in [-0.3, -0.25) is 4.79 Å². The van der Waals surface area contributed by atoms with Gasteiger partial charge in [0, 0.05) is 26.7 Å². The zero-order valence-corrected chi connectivity index (χ0v) is 10.7. The van der Waals surface area contributed by atoms with E-state index in [4.69, 9.17) is 4.74 Å². The summed E-state index contributed by atoms with van der Waals surface area (Å²) in [5, 5.41) is 3.11. The molecule has 17 heavy (non-hydrogen) atoms. The van der Waals surface area contributed by atoms with Crippen molar-refractivity contribution in [2.75, 3.05) is 38.2 Å². The van der Waals surface area contributed by atoms with Gasteiger partial charge in [-0.15, -0.1) is 0 Å². The van der Waals surface area contributed by atoms with Gasteiger partial charge in [-0.05, 0) is 6.42 Å². The van der Waals surface area contributed by atoms with Crippen LogP contribution in [0.5, 0.6) is 0 Å². The summed E-state index contributed by atoms with van der Waals surface area (Å²) < 4.78 is 27.7. The molecule has 0 saturated carbocycles. The predicted octanol–water partition coefficient (Wildman–Crippen LogP) is -1.38. The molecule has 7 heteroatoms. The number of ether oxygens (including phenoxy) is 1. The number of hydrogen-bond acceptors (Lipinski definition) is 5.